The molecule has 1 aromatic heterocycles. The van der Waals surface area contributed by atoms with Crippen molar-refractivity contribution in [3.63, 3.8) is 0 Å². The van der Waals surface area contributed by atoms with Crippen LogP contribution in [0.5, 0.6) is 0 Å². The maximum absolute atomic E-state index is 12.7. The molecular formula is C20H21NO3. The summed E-state index contributed by atoms with van der Waals surface area (Å²) in [5, 5.41) is 1.01. The Labute approximate surface area is 141 Å². The first-order valence-electron chi connectivity index (χ1n) is 7.64. The standard InChI is InChI=1S/C19H19NO2.CH2O/c1-13-9-10-17-16(11-13)14(2)18(22-17)19(21)20(3)12-15-7-5-4-6-8-15;1-2/h4-11H,12H2,1-3H3;1H2. The summed E-state index contributed by atoms with van der Waals surface area (Å²) in [6.07, 6.45) is 0. The van der Waals surface area contributed by atoms with Gasteiger partial charge in [0, 0.05) is 24.5 Å². The van der Waals surface area contributed by atoms with Crippen LogP contribution in [0.1, 0.15) is 27.2 Å². The van der Waals surface area contributed by atoms with Gasteiger partial charge in [-0.1, -0.05) is 42.0 Å². The lowest BCUT2D eigenvalue weighted by molar-refractivity contribution is -0.0980. The van der Waals surface area contributed by atoms with Gasteiger partial charge in [0.2, 0.25) is 0 Å². The molecule has 4 heteroatoms. The molecule has 0 aliphatic heterocycles. The highest BCUT2D eigenvalue weighted by atomic mass is 16.3. The van der Waals surface area contributed by atoms with Gasteiger partial charge in [0.25, 0.3) is 5.91 Å². The Balaban J connectivity index is 0.00000100. The van der Waals surface area contributed by atoms with Gasteiger partial charge in [-0.25, -0.2) is 0 Å². The van der Waals surface area contributed by atoms with E-state index in [1.165, 1.54) is 0 Å². The summed E-state index contributed by atoms with van der Waals surface area (Å²) in [6, 6.07) is 15.9. The first-order valence-corrected chi connectivity index (χ1v) is 7.64. The number of hydrogen-bond acceptors (Lipinski definition) is 3. The molecule has 0 aliphatic carbocycles. The van der Waals surface area contributed by atoms with Gasteiger partial charge in [-0.15, -0.1) is 0 Å². The molecule has 3 aromatic rings. The lowest BCUT2D eigenvalue weighted by atomic mass is 10.1. The number of aryl methyl sites for hydroxylation is 2. The van der Waals surface area contributed by atoms with Crippen LogP contribution in [-0.2, 0) is 11.3 Å². The third kappa shape index (κ3) is 3.54. The average molecular weight is 323 g/mol. The fourth-order valence-electron chi connectivity index (χ4n) is 2.64. The molecule has 0 saturated carbocycles. The predicted octanol–water partition coefficient (Wildman–Crippen LogP) is 4.14. The van der Waals surface area contributed by atoms with Crippen LogP contribution in [0.3, 0.4) is 0 Å². The average Bonchev–Trinajstić information content (AvgIpc) is 2.93. The van der Waals surface area contributed by atoms with E-state index in [-0.39, 0.29) is 5.91 Å². The Bertz CT molecular complexity index is 837. The van der Waals surface area contributed by atoms with Crippen molar-refractivity contribution in [2.45, 2.75) is 20.4 Å². The molecule has 0 saturated heterocycles. The van der Waals surface area contributed by atoms with Crippen LogP contribution in [0.2, 0.25) is 0 Å². The monoisotopic (exact) mass is 323 g/mol. The van der Waals surface area contributed by atoms with Crippen molar-refractivity contribution in [3.05, 3.63) is 71.0 Å². The number of hydrogen-bond donors (Lipinski definition) is 0. The Morgan fingerprint density at radius 2 is 1.75 bits per heavy atom. The highest BCUT2D eigenvalue weighted by molar-refractivity contribution is 5.98. The van der Waals surface area contributed by atoms with E-state index in [1.54, 1.807) is 11.9 Å². The molecule has 124 valence electrons. The molecule has 0 radical (unpaired) electrons. The first kappa shape index (κ1) is 17.5. The van der Waals surface area contributed by atoms with E-state index in [2.05, 4.69) is 6.07 Å². The SMILES string of the molecule is C=O.Cc1ccc2oc(C(=O)N(C)Cc3ccccc3)c(C)c2c1. The fourth-order valence-corrected chi connectivity index (χ4v) is 2.64. The number of carbonyl (C=O) groups excluding carboxylic acids is 2. The van der Waals surface area contributed by atoms with Gasteiger partial charge < -0.3 is 14.1 Å². The van der Waals surface area contributed by atoms with Gasteiger partial charge in [0.05, 0.1) is 0 Å². The van der Waals surface area contributed by atoms with E-state index >= 15 is 0 Å². The van der Waals surface area contributed by atoms with Crippen molar-refractivity contribution in [3.8, 4) is 0 Å². The summed E-state index contributed by atoms with van der Waals surface area (Å²) in [5.41, 5.74) is 3.93. The number of benzene rings is 2. The number of fused-ring (bicyclic) bond motifs is 1. The number of nitrogens with zero attached hydrogens (tertiary/aromatic N) is 1. The summed E-state index contributed by atoms with van der Waals surface area (Å²) < 4.78 is 5.78. The number of rotatable bonds is 3. The normalized spacial score (nSPS) is 10.1. The highest BCUT2D eigenvalue weighted by Crippen LogP contribution is 2.27. The van der Waals surface area contributed by atoms with E-state index in [4.69, 9.17) is 9.21 Å². The second kappa shape index (κ2) is 7.59. The quantitative estimate of drug-likeness (QED) is 0.728. The molecule has 0 bridgehead atoms. The summed E-state index contributed by atoms with van der Waals surface area (Å²) in [5.74, 6) is 0.342. The maximum Gasteiger partial charge on any atom is 0.289 e. The van der Waals surface area contributed by atoms with Crippen LogP contribution in [0.25, 0.3) is 11.0 Å². The molecule has 24 heavy (non-hydrogen) atoms. The maximum atomic E-state index is 12.7. The van der Waals surface area contributed by atoms with Crippen molar-refractivity contribution < 1.29 is 14.0 Å². The third-order valence-electron chi connectivity index (χ3n) is 3.90. The Hall–Kier alpha value is -2.88. The molecule has 1 amide bonds. The largest absolute Gasteiger partial charge is 0.451 e. The van der Waals surface area contributed by atoms with Crippen LogP contribution in [0, 0.1) is 13.8 Å². The zero-order valence-corrected chi connectivity index (χ0v) is 14.2. The van der Waals surface area contributed by atoms with Crippen molar-refractivity contribution in [1.29, 1.82) is 0 Å². The molecule has 3 rings (SSSR count). The van der Waals surface area contributed by atoms with Crippen molar-refractivity contribution in [1.82, 2.24) is 4.90 Å². The van der Waals surface area contributed by atoms with Crippen LogP contribution in [-0.4, -0.2) is 24.6 Å². The molecule has 0 spiro atoms. The molecule has 0 fully saturated rings. The Morgan fingerprint density at radius 3 is 2.42 bits per heavy atom. The van der Waals surface area contributed by atoms with Gasteiger partial charge >= 0.3 is 0 Å². The van der Waals surface area contributed by atoms with Crippen LogP contribution in [0.4, 0.5) is 0 Å². The molecular weight excluding hydrogens is 302 g/mol. The van der Waals surface area contributed by atoms with Crippen LogP contribution < -0.4 is 0 Å². The topological polar surface area (TPSA) is 50.5 Å². The molecule has 0 atom stereocenters. The summed E-state index contributed by atoms with van der Waals surface area (Å²) in [4.78, 5) is 22.3. The number of amides is 1. The van der Waals surface area contributed by atoms with E-state index < -0.39 is 0 Å². The lowest BCUT2D eigenvalue weighted by Crippen LogP contribution is -2.26. The molecule has 2 aromatic carbocycles. The van der Waals surface area contributed by atoms with E-state index in [1.807, 2.05) is 63.1 Å². The minimum Gasteiger partial charge on any atom is -0.451 e. The Kier molecular flexibility index (Phi) is 5.53. The van der Waals surface area contributed by atoms with Crippen molar-refractivity contribution in [2.75, 3.05) is 7.05 Å². The van der Waals surface area contributed by atoms with Crippen LogP contribution >= 0.6 is 0 Å². The summed E-state index contributed by atoms with van der Waals surface area (Å²) in [7, 11) is 1.80. The number of carbonyl (C=O) groups is 2. The van der Waals surface area contributed by atoms with Gasteiger partial charge in [0.15, 0.2) is 5.76 Å². The molecule has 4 nitrogen and oxygen atoms in total. The third-order valence-corrected chi connectivity index (χ3v) is 3.90. The Morgan fingerprint density at radius 1 is 1.08 bits per heavy atom. The lowest BCUT2D eigenvalue weighted by Gasteiger charge is -2.16. The first-order chi connectivity index (χ1) is 11.6. The van der Waals surface area contributed by atoms with Gasteiger partial charge in [0.1, 0.15) is 12.4 Å². The van der Waals surface area contributed by atoms with Gasteiger partial charge in [-0.05, 0) is 31.5 Å². The zero-order valence-electron chi connectivity index (χ0n) is 14.2. The smallest absolute Gasteiger partial charge is 0.289 e. The summed E-state index contributed by atoms with van der Waals surface area (Å²) in [6.45, 7) is 6.54. The van der Waals surface area contributed by atoms with E-state index in [0.717, 1.165) is 27.7 Å². The van der Waals surface area contributed by atoms with Crippen molar-refractivity contribution >= 4 is 23.7 Å². The highest BCUT2D eigenvalue weighted by Gasteiger charge is 2.21. The fraction of sp³-hybridized carbons (Fsp3) is 0.200. The second-order valence-electron chi connectivity index (χ2n) is 5.70. The van der Waals surface area contributed by atoms with Crippen LogP contribution in [0.15, 0.2) is 52.9 Å². The minimum absolute atomic E-state index is 0.0878. The molecule has 0 N–H and O–H groups in total. The van der Waals surface area contributed by atoms with E-state index in [9.17, 15) is 4.79 Å². The minimum atomic E-state index is -0.0878. The molecule has 1 heterocycles. The molecule has 0 aliphatic rings. The van der Waals surface area contributed by atoms with Crippen molar-refractivity contribution in [2.24, 2.45) is 0 Å². The van der Waals surface area contributed by atoms with Gasteiger partial charge in [-0.2, -0.15) is 0 Å². The van der Waals surface area contributed by atoms with E-state index in [0.29, 0.717) is 12.3 Å². The predicted molar refractivity (Wildman–Crippen MR) is 95.0 cm³/mol. The summed E-state index contributed by atoms with van der Waals surface area (Å²) >= 11 is 0. The second-order valence-corrected chi connectivity index (χ2v) is 5.70. The molecule has 0 unspecified atom stereocenters. The zero-order chi connectivity index (χ0) is 17.7. The van der Waals surface area contributed by atoms with Gasteiger partial charge in [-0.3, -0.25) is 4.79 Å². The number of furan rings is 1.